The molecule has 3 nitrogen and oxygen atoms in total. The molecule has 0 aromatic heterocycles. The Morgan fingerprint density at radius 1 is 1.25 bits per heavy atom. The maximum Gasteiger partial charge on any atom is 0.165 e. The molecule has 0 bridgehead atoms. The Hall–Kier alpha value is -0.930. The number of nitrogens with one attached hydrogen (secondary N) is 1. The summed E-state index contributed by atoms with van der Waals surface area (Å²) in [6, 6.07) is 3.65. The van der Waals surface area contributed by atoms with Crippen LogP contribution >= 0.6 is 11.6 Å². The summed E-state index contributed by atoms with van der Waals surface area (Å²) in [6.45, 7) is 3.83. The lowest BCUT2D eigenvalue weighted by molar-refractivity contribution is 0.350. The van der Waals surface area contributed by atoms with Gasteiger partial charge in [0, 0.05) is 23.2 Å². The molecular formula is C12H18ClNO2. The van der Waals surface area contributed by atoms with Gasteiger partial charge in [-0.25, -0.2) is 0 Å². The molecule has 1 aromatic carbocycles. The van der Waals surface area contributed by atoms with E-state index in [0.29, 0.717) is 10.8 Å². The first kappa shape index (κ1) is 13.1. The predicted molar refractivity (Wildman–Crippen MR) is 66.6 cm³/mol. The zero-order valence-electron chi connectivity index (χ0n) is 9.97. The van der Waals surface area contributed by atoms with E-state index in [1.807, 2.05) is 6.07 Å². The van der Waals surface area contributed by atoms with Crippen molar-refractivity contribution in [2.45, 2.75) is 19.9 Å². The molecule has 0 saturated heterocycles. The molecule has 0 radical (unpaired) electrons. The van der Waals surface area contributed by atoms with Gasteiger partial charge in [0.15, 0.2) is 11.5 Å². The maximum absolute atomic E-state index is 6.01. The smallest absolute Gasteiger partial charge is 0.165 e. The summed E-state index contributed by atoms with van der Waals surface area (Å²) in [5.74, 6) is 1.42. The van der Waals surface area contributed by atoms with Crippen molar-refractivity contribution >= 4 is 11.6 Å². The van der Waals surface area contributed by atoms with E-state index in [4.69, 9.17) is 21.1 Å². The van der Waals surface area contributed by atoms with E-state index in [1.54, 1.807) is 20.3 Å². The van der Waals surface area contributed by atoms with E-state index in [9.17, 15) is 0 Å². The molecule has 0 heterocycles. The molecule has 4 heteroatoms. The van der Waals surface area contributed by atoms with E-state index in [-0.39, 0.29) is 0 Å². The lowest BCUT2D eigenvalue weighted by Gasteiger charge is -2.13. The molecule has 1 rings (SSSR count). The minimum Gasteiger partial charge on any atom is -0.493 e. The van der Waals surface area contributed by atoms with Crippen molar-refractivity contribution < 1.29 is 9.47 Å². The Morgan fingerprint density at radius 3 is 2.56 bits per heavy atom. The first-order valence-electron chi connectivity index (χ1n) is 5.34. The van der Waals surface area contributed by atoms with Crippen molar-refractivity contribution in [2.75, 3.05) is 20.8 Å². The van der Waals surface area contributed by atoms with Crippen LogP contribution < -0.4 is 14.8 Å². The van der Waals surface area contributed by atoms with Crippen LogP contribution in [0.3, 0.4) is 0 Å². The van der Waals surface area contributed by atoms with Crippen LogP contribution in [0.1, 0.15) is 18.9 Å². The Bertz CT molecular complexity index is 342. The van der Waals surface area contributed by atoms with Crippen molar-refractivity contribution in [3.05, 3.63) is 22.7 Å². The first-order chi connectivity index (χ1) is 7.72. The minimum atomic E-state index is 0.658. The van der Waals surface area contributed by atoms with Crippen molar-refractivity contribution in [3.63, 3.8) is 0 Å². The summed E-state index contributed by atoms with van der Waals surface area (Å²) in [7, 11) is 3.24. The van der Waals surface area contributed by atoms with Gasteiger partial charge in [-0.1, -0.05) is 18.5 Å². The van der Waals surface area contributed by atoms with Crippen molar-refractivity contribution in [1.82, 2.24) is 5.32 Å². The van der Waals surface area contributed by atoms with Crippen LogP contribution in [0.4, 0.5) is 0 Å². The molecule has 0 spiro atoms. The zero-order valence-corrected chi connectivity index (χ0v) is 10.7. The second kappa shape index (κ2) is 6.61. The lowest BCUT2D eigenvalue weighted by Crippen LogP contribution is -2.14. The fourth-order valence-electron chi connectivity index (χ4n) is 1.54. The number of hydrogen-bond acceptors (Lipinski definition) is 3. The second-order valence-corrected chi connectivity index (χ2v) is 3.91. The first-order valence-corrected chi connectivity index (χ1v) is 5.71. The summed E-state index contributed by atoms with van der Waals surface area (Å²) >= 11 is 6.01. The molecule has 16 heavy (non-hydrogen) atoms. The van der Waals surface area contributed by atoms with Crippen LogP contribution in [0.5, 0.6) is 11.5 Å². The minimum absolute atomic E-state index is 0.658. The highest BCUT2D eigenvalue weighted by Crippen LogP contribution is 2.34. The number of ether oxygens (including phenoxy) is 2. The normalized spacial score (nSPS) is 10.2. The fourth-order valence-corrected chi connectivity index (χ4v) is 1.77. The highest BCUT2D eigenvalue weighted by Gasteiger charge is 2.11. The van der Waals surface area contributed by atoms with Gasteiger partial charge in [-0.05, 0) is 19.0 Å². The average molecular weight is 244 g/mol. The van der Waals surface area contributed by atoms with Crippen LogP contribution in [0.25, 0.3) is 0 Å². The third kappa shape index (κ3) is 3.29. The zero-order chi connectivity index (χ0) is 12.0. The molecule has 0 aliphatic carbocycles. The molecular weight excluding hydrogens is 226 g/mol. The number of benzene rings is 1. The molecule has 0 saturated carbocycles. The third-order valence-electron chi connectivity index (χ3n) is 2.26. The summed E-state index contributed by atoms with van der Waals surface area (Å²) in [5.41, 5.74) is 1.01. The van der Waals surface area contributed by atoms with E-state index in [1.165, 1.54) is 0 Å². The van der Waals surface area contributed by atoms with Gasteiger partial charge in [0.05, 0.1) is 14.2 Å². The highest BCUT2D eigenvalue weighted by molar-refractivity contribution is 6.30. The highest BCUT2D eigenvalue weighted by atomic mass is 35.5. The summed E-state index contributed by atoms with van der Waals surface area (Å²) in [4.78, 5) is 0. The number of halogens is 1. The molecule has 0 aliphatic heterocycles. The van der Waals surface area contributed by atoms with Crippen LogP contribution in [0.15, 0.2) is 12.1 Å². The van der Waals surface area contributed by atoms with E-state index < -0.39 is 0 Å². The van der Waals surface area contributed by atoms with Gasteiger partial charge in [0.1, 0.15) is 0 Å². The van der Waals surface area contributed by atoms with Crippen LogP contribution in [-0.4, -0.2) is 20.8 Å². The third-order valence-corrected chi connectivity index (χ3v) is 2.48. The Balaban J connectivity index is 2.91. The quantitative estimate of drug-likeness (QED) is 0.780. The van der Waals surface area contributed by atoms with Gasteiger partial charge < -0.3 is 14.8 Å². The molecule has 1 N–H and O–H groups in total. The Morgan fingerprint density at radius 2 is 2.00 bits per heavy atom. The lowest BCUT2D eigenvalue weighted by atomic mass is 10.2. The van der Waals surface area contributed by atoms with Crippen molar-refractivity contribution in [1.29, 1.82) is 0 Å². The molecule has 0 unspecified atom stereocenters. The molecule has 0 fully saturated rings. The van der Waals surface area contributed by atoms with Gasteiger partial charge in [0.2, 0.25) is 0 Å². The Labute approximate surface area is 102 Å². The maximum atomic E-state index is 6.01. The van der Waals surface area contributed by atoms with E-state index in [2.05, 4.69) is 12.2 Å². The molecule has 0 aliphatic rings. The largest absolute Gasteiger partial charge is 0.493 e. The van der Waals surface area contributed by atoms with E-state index in [0.717, 1.165) is 30.8 Å². The topological polar surface area (TPSA) is 30.5 Å². The van der Waals surface area contributed by atoms with Gasteiger partial charge >= 0.3 is 0 Å². The van der Waals surface area contributed by atoms with Gasteiger partial charge in [-0.15, -0.1) is 0 Å². The summed E-state index contributed by atoms with van der Waals surface area (Å²) < 4.78 is 10.6. The SMILES string of the molecule is CCCNCc1cc(Cl)cc(OC)c1OC. The number of rotatable bonds is 6. The molecule has 1 aromatic rings. The summed E-state index contributed by atoms with van der Waals surface area (Å²) in [6.07, 6.45) is 1.10. The Kier molecular flexibility index (Phi) is 5.43. The predicted octanol–water partition coefficient (Wildman–Crippen LogP) is 2.86. The van der Waals surface area contributed by atoms with Crippen molar-refractivity contribution in [3.8, 4) is 11.5 Å². The van der Waals surface area contributed by atoms with Crippen LogP contribution in [0.2, 0.25) is 5.02 Å². The van der Waals surface area contributed by atoms with E-state index >= 15 is 0 Å². The van der Waals surface area contributed by atoms with Gasteiger partial charge in [0.25, 0.3) is 0 Å². The monoisotopic (exact) mass is 243 g/mol. The number of methoxy groups -OCH3 is 2. The van der Waals surface area contributed by atoms with Gasteiger partial charge in [-0.2, -0.15) is 0 Å². The van der Waals surface area contributed by atoms with Crippen LogP contribution in [-0.2, 0) is 6.54 Å². The second-order valence-electron chi connectivity index (χ2n) is 3.48. The summed E-state index contributed by atoms with van der Waals surface area (Å²) in [5, 5.41) is 3.97. The standard InChI is InChI=1S/C12H18ClNO2/c1-4-5-14-8-9-6-10(13)7-11(15-2)12(9)16-3/h6-7,14H,4-5,8H2,1-3H3. The van der Waals surface area contributed by atoms with Gasteiger partial charge in [-0.3, -0.25) is 0 Å². The van der Waals surface area contributed by atoms with Crippen molar-refractivity contribution in [2.24, 2.45) is 0 Å². The average Bonchev–Trinajstić information content (AvgIpc) is 2.28. The fraction of sp³-hybridized carbons (Fsp3) is 0.500. The van der Waals surface area contributed by atoms with Crippen LogP contribution in [0, 0.1) is 0 Å². The molecule has 0 atom stereocenters. The number of hydrogen-bond donors (Lipinski definition) is 1. The molecule has 0 amide bonds. The molecule has 90 valence electrons.